The van der Waals surface area contributed by atoms with E-state index in [2.05, 4.69) is 44.4 Å². The zero-order valence-electron chi connectivity index (χ0n) is 22.9. The monoisotopic (exact) mass is 495 g/mol. The highest BCUT2D eigenvalue weighted by Crippen LogP contribution is 2.49. The molecule has 0 unspecified atom stereocenters. The van der Waals surface area contributed by atoms with Crippen molar-refractivity contribution in [3.8, 4) is 0 Å². The minimum atomic E-state index is -0.925. The first-order chi connectivity index (χ1) is 17.1. The first-order valence-corrected chi connectivity index (χ1v) is 14.1. The molecule has 1 spiro atoms. The van der Waals surface area contributed by atoms with Crippen molar-refractivity contribution in [3.05, 3.63) is 35.4 Å². The van der Waals surface area contributed by atoms with Gasteiger partial charge in [-0.3, -0.25) is 4.79 Å². The minimum absolute atomic E-state index is 0.0715. The number of amidine groups is 1. The van der Waals surface area contributed by atoms with Crippen LogP contribution in [0, 0.1) is 17.3 Å². The van der Waals surface area contributed by atoms with Crippen LogP contribution in [0.4, 0.5) is 0 Å². The Kier molecular flexibility index (Phi) is 7.82. The van der Waals surface area contributed by atoms with Crippen LogP contribution in [-0.2, 0) is 4.79 Å². The van der Waals surface area contributed by atoms with Crippen LogP contribution in [0.15, 0.2) is 29.3 Å². The Morgan fingerprint density at radius 2 is 1.72 bits per heavy atom. The van der Waals surface area contributed by atoms with Gasteiger partial charge in [-0.15, -0.1) is 0 Å². The third kappa shape index (κ3) is 5.33. The van der Waals surface area contributed by atoms with E-state index in [4.69, 9.17) is 4.99 Å². The summed E-state index contributed by atoms with van der Waals surface area (Å²) in [6.07, 6.45) is 9.03. The fourth-order valence-corrected chi connectivity index (χ4v) is 6.44. The van der Waals surface area contributed by atoms with E-state index in [0.29, 0.717) is 17.7 Å². The Labute approximate surface area is 217 Å². The fraction of sp³-hybridized carbons (Fsp3) is 0.700. The second kappa shape index (κ2) is 10.5. The lowest BCUT2D eigenvalue weighted by molar-refractivity contribution is -0.134. The quantitative estimate of drug-likeness (QED) is 0.487. The number of benzene rings is 1. The number of likely N-dealkylation sites (tertiary alicyclic amines) is 1. The molecule has 3 aliphatic rings. The van der Waals surface area contributed by atoms with Crippen molar-refractivity contribution in [2.24, 2.45) is 22.2 Å². The van der Waals surface area contributed by atoms with Crippen LogP contribution in [0.3, 0.4) is 0 Å². The molecule has 0 bridgehead atoms. The van der Waals surface area contributed by atoms with Gasteiger partial charge in [0.15, 0.2) is 5.84 Å². The average molecular weight is 496 g/mol. The van der Waals surface area contributed by atoms with Crippen LogP contribution in [0.1, 0.15) is 114 Å². The standard InChI is InChI=1S/C30H45N3O3/c1-6-7-8-25(22-9-11-23(12-10-22)28(35)36)33-27(34)26(32-19-15-21(2)16-20-32)31-30(33)17-13-24(14-18-30)29(3,4)5/h9-12,21,24-25H,6-8,13-20H2,1-5H3,(H,35,36)/t24?,25-,30?/m1/s1. The maximum Gasteiger partial charge on any atom is 0.335 e. The van der Waals surface area contributed by atoms with Gasteiger partial charge in [0.1, 0.15) is 5.66 Å². The summed E-state index contributed by atoms with van der Waals surface area (Å²) in [5.74, 6) is 1.13. The van der Waals surface area contributed by atoms with E-state index in [0.717, 1.165) is 76.4 Å². The Morgan fingerprint density at radius 1 is 1.11 bits per heavy atom. The summed E-state index contributed by atoms with van der Waals surface area (Å²) in [6.45, 7) is 13.2. The first-order valence-electron chi connectivity index (χ1n) is 14.1. The number of piperidine rings is 1. The second-order valence-electron chi connectivity index (χ2n) is 12.5. The number of hydrogen-bond donors (Lipinski definition) is 1. The normalized spacial score (nSPS) is 26.4. The van der Waals surface area contributed by atoms with Crippen LogP contribution in [0.2, 0.25) is 0 Å². The molecule has 0 aromatic heterocycles. The highest BCUT2D eigenvalue weighted by Gasteiger charge is 2.53. The number of rotatable bonds is 6. The predicted octanol–water partition coefficient (Wildman–Crippen LogP) is 6.52. The van der Waals surface area contributed by atoms with E-state index in [1.165, 1.54) is 0 Å². The lowest BCUT2D eigenvalue weighted by Crippen LogP contribution is -2.52. The summed E-state index contributed by atoms with van der Waals surface area (Å²) in [5, 5.41) is 9.41. The number of hydrogen-bond acceptors (Lipinski definition) is 4. The van der Waals surface area contributed by atoms with Crippen LogP contribution in [-0.4, -0.2) is 51.4 Å². The zero-order valence-corrected chi connectivity index (χ0v) is 22.9. The number of carboxylic acids is 1. The molecule has 1 saturated carbocycles. The molecule has 1 N–H and O–H groups in total. The van der Waals surface area contributed by atoms with Gasteiger partial charge in [0, 0.05) is 13.1 Å². The molecule has 2 heterocycles. The van der Waals surface area contributed by atoms with Crippen molar-refractivity contribution < 1.29 is 14.7 Å². The fourth-order valence-electron chi connectivity index (χ4n) is 6.44. The van der Waals surface area contributed by atoms with E-state index in [1.807, 2.05) is 12.1 Å². The first kappa shape index (κ1) is 26.7. The SMILES string of the molecule is CCCC[C@H](c1ccc(C(=O)O)cc1)N1C(=O)C(N2CCC(C)CC2)=NC12CCC(C(C)(C)C)CC2. The molecule has 1 aliphatic carbocycles. The smallest absolute Gasteiger partial charge is 0.335 e. The number of aliphatic imine (C=N–C) groups is 1. The molecule has 6 nitrogen and oxygen atoms in total. The topological polar surface area (TPSA) is 73.2 Å². The molecule has 2 fully saturated rings. The molecule has 1 aromatic carbocycles. The van der Waals surface area contributed by atoms with Crippen molar-refractivity contribution in [2.45, 2.75) is 104 Å². The number of aromatic carboxylic acids is 1. The molecule has 6 heteroatoms. The van der Waals surface area contributed by atoms with Gasteiger partial charge in [0.2, 0.25) is 0 Å². The summed E-state index contributed by atoms with van der Waals surface area (Å²) >= 11 is 0. The highest BCUT2D eigenvalue weighted by molar-refractivity contribution is 6.39. The minimum Gasteiger partial charge on any atom is -0.478 e. The number of carboxylic acid groups (broad SMARTS) is 1. The Balaban J connectivity index is 1.71. The van der Waals surface area contributed by atoms with Crippen molar-refractivity contribution in [1.29, 1.82) is 0 Å². The van der Waals surface area contributed by atoms with Gasteiger partial charge in [-0.1, -0.05) is 59.6 Å². The molecule has 1 saturated heterocycles. The predicted molar refractivity (Wildman–Crippen MR) is 144 cm³/mol. The van der Waals surface area contributed by atoms with Gasteiger partial charge in [0.05, 0.1) is 11.6 Å². The maximum atomic E-state index is 14.3. The highest BCUT2D eigenvalue weighted by atomic mass is 16.4. The van der Waals surface area contributed by atoms with Crippen LogP contribution >= 0.6 is 0 Å². The van der Waals surface area contributed by atoms with Gasteiger partial charge in [-0.2, -0.15) is 0 Å². The second-order valence-corrected chi connectivity index (χ2v) is 12.5. The molecule has 1 atom stereocenters. The molecular weight excluding hydrogens is 450 g/mol. The van der Waals surface area contributed by atoms with Crippen LogP contribution < -0.4 is 0 Å². The van der Waals surface area contributed by atoms with Crippen LogP contribution in [0.25, 0.3) is 0 Å². The van der Waals surface area contributed by atoms with E-state index >= 15 is 0 Å². The zero-order chi connectivity index (χ0) is 26.1. The van der Waals surface area contributed by atoms with Crippen molar-refractivity contribution >= 4 is 17.7 Å². The van der Waals surface area contributed by atoms with Gasteiger partial charge in [-0.25, -0.2) is 9.79 Å². The molecular formula is C30H45N3O3. The summed E-state index contributed by atoms with van der Waals surface area (Å²) in [5.41, 5.74) is 1.04. The van der Waals surface area contributed by atoms with E-state index in [9.17, 15) is 14.7 Å². The molecule has 1 amide bonds. The molecule has 36 heavy (non-hydrogen) atoms. The average Bonchev–Trinajstić information content (AvgIpc) is 3.11. The number of carbonyl (C=O) groups excluding carboxylic acids is 1. The molecule has 198 valence electrons. The van der Waals surface area contributed by atoms with Gasteiger partial charge < -0.3 is 14.9 Å². The van der Waals surface area contributed by atoms with E-state index in [-0.39, 0.29) is 22.9 Å². The largest absolute Gasteiger partial charge is 0.478 e. The van der Waals surface area contributed by atoms with E-state index in [1.54, 1.807) is 12.1 Å². The molecule has 1 aromatic rings. The van der Waals surface area contributed by atoms with Gasteiger partial charge >= 0.3 is 5.97 Å². The maximum absolute atomic E-state index is 14.3. The van der Waals surface area contributed by atoms with Gasteiger partial charge in [-0.05, 0) is 79.9 Å². The number of nitrogens with zero attached hydrogens (tertiary/aromatic N) is 3. The lowest BCUT2D eigenvalue weighted by Gasteiger charge is -2.47. The van der Waals surface area contributed by atoms with Gasteiger partial charge in [0.25, 0.3) is 5.91 Å². The molecule has 4 rings (SSSR count). The summed E-state index contributed by atoms with van der Waals surface area (Å²) in [4.78, 5) is 35.4. The molecule has 0 radical (unpaired) electrons. The lowest BCUT2D eigenvalue weighted by atomic mass is 9.69. The van der Waals surface area contributed by atoms with Crippen LogP contribution in [0.5, 0.6) is 0 Å². The summed E-state index contributed by atoms with van der Waals surface area (Å²) in [7, 11) is 0. The number of carbonyl (C=O) groups is 2. The Morgan fingerprint density at radius 3 is 2.25 bits per heavy atom. The van der Waals surface area contributed by atoms with Crippen molar-refractivity contribution in [1.82, 2.24) is 9.80 Å². The van der Waals surface area contributed by atoms with E-state index < -0.39 is 11.6 Å². The third-order valence-electron chi connectivity index (χ3n) is 8.95. The third-order valence-corrected chi connectivity index (χ3v) is 8.95. The summed E-state index contributed by atoms with van der Waals surface area (Å²) < 4.78 is 0. The number of amides is 1. The molecule has 2 aliphatic heterocycles. The van der Waals surface area contributed by atoms with Crippen molar-refractivity contribution in [2.75, 3.05) is 13.1 Å². The van der Waals surface area contributed by atoms with Crippen molar-refractivity contribution in [3.63, 3.8) is 0 Å². The number of unbranched alkanes of at least 4 members (excludes halogenated alkanes) is 1. The Hall–Kier alpha value is -2.37. The summed E-state index contributed by atoms with van der Waals surface area (Å²) in [6, 6.07) is 7.07. The Bertz CT molecular complexity index is 962.